The molecule has 1 aliphatic carbocycles. The monoisotopic (exact) mass is 425 g/mol. The molecule has 0 unspecified atom stereocenters. The van der Waals surface area contributed by atoms with E-state index in [1.807, 2.05) is 6.07 Å². The molecule has 0 N–H and O–H groups in total. The van der Waals surface area contributed by atoms with Crippen LogP contribution in [0.5, 0.6) is 0 Å². The van der Waals surface area contributed by atoms with E-state index >= 15 is 0 Å². The molecule has 0 saturated heterocycles. The highest BCUT2D eigenvalue weighted by atomic mass is 32.2. The number of nitrogens with zero attached hydrogens (tertiary/aromatic N) is 3. The number of carbonyl (C=O) groups is 1. The zero-order valence-corrected chi connectivity index (χ0v) is 17.3. The molecule has 0 aliphatic heterocycles. The van der Waals surface area contributed by atoms with Crippen molar-refractivity contribution in [2.45, 2.75) is 42.9 Å². The standard InChI is InChI=1S/C22H23N3O4S/c1-2-12-24-19(15-25(18-10-11-18)21(26)20-9-6-13-29-20)14-23-22(24)30(27,28)16-17-7-4-3-5-8-17/h2-9,13-14,18H,1,10-12,15-16H2. The van der Waals surface area contributed by atoms with Gasteiger partial charge in [-0.15, -0.1) is 6.58 Å². The Morgan fingerprint density at radius 3 is 2.63 bits per heavy atom. The summed E-state index contributed by atoms with van der Waals surface area (Å²) < 4.78 is 33.0. The lowest BCUT2D eigenvalue weighted by Crippen LogP contribution is -2.33. The quantitative estimate of drug-likeness (QED) is 0.490. The molecule has 30 heavy (non-hydrogen) atoms. The number of allylic oxidation sites excluding steroid dienone is 1. The molecule has 1 saturated carbocycles. The molecule has 0 spiro atoms. The molecule has 7 nitrogen and oxygen atoms in total. The van der Waals surface area contributed by atoms with Crippen molar-refractivity contribution in [1.29, 1.82) is 0 Å². The smallest absolute Gasteiger partial charge is 0.290 e. The van der Waals surface area contributed by atoms with Crippen molar-refractivity contribution < 1.29 is 17.6 Å². The predicted molar refractivity (Wildman–Crippen MR) is 111 cm³/mol. The van der Waals surface area contributed by atoms with Gasteiger partial charge in [-0.05, 0) is 30.5 Å². The second kappa shape index (κ2) is 8.31. The number of hydrogen-bond donors (Lipinski definition) is 0. The van der Waals surface area contributed by atoms with Crippen molar-refractivity contribution in [3.63, 3.8) is 0 Å². The predicted octanol–water partition coefficient (Wildman–Crippen LogP) is 3.44. The summed E-state index contributed by atoms with van der Waals surface area (Å²) in [5.41, 5.74) is 1.34. The average Bonchev–Trinajstić information content (AvgIpc) is 3.25. The molecule has 1 fully saturated rings. The first kappa shape index (κ1) is 20.2. The third kappa shape index (κ3) is 4.23. The van der Waals surface area contributed by atoms with Crippen LogP contribution in [0.3, 0.4) is 0 Å². The van der Waals surface area contributed by atoms with Crippen molar-refractivity contribution in [3.8, 4) is 0 Å². The van der Waals surface area contributed by atoms with Crippen LogP contribution in [0, 0.1) is 0 Å². The van der Waals surface area contributed by atoms with Gasteiger partial charge in [-0.25, -0.2) is 13.4 Å². The summed E-state index contributed by atoms with van der Waals surface area (Å²) in [7, 11) is -3.67. The number of furan rings is 1. The molecule has 1 aliphatic rings. The average molecular weight is 426 g/mol. The van der Waals surface area contributed by atoms with E-state index in [0.717, 1.165) is 12.8 Å². The van der Waals surface area contributed by atoms with Crippen molar-refractivity contribution >= 4 is 15.7 Å². The summed E-state index contributed by atoms with van der Waals surface area (Å²) in [6, 6.07) is 12.4. The minimum Gasteiger partial charge on any atom is -0.459 e. The number of rotatable bonds is 9. The molecule has 1 amide bonds. The van der Waals surface area contributed by atoms with Gasteiger partial charge in [0.25, 0.3) is 5.91 Å². The number of sulfone groups is 1. The number of aromatic nitrogens is 2. The van der Waals surface area contributed by atoms with E-state index in [1.54, 1.807) is 51.9 Å². The van der Waals surface area contributed by atoms with Crippen LogP contribution in [0.25, 0.3) is 0 Å². The van der Waals surface area contributed by atoms with Crippen molar-refractivity contribution in [3.05, 3.63) is 84.6 Å². The van der Waals surface area contributed by atoms with Gasteiger partial charge >= 0.3 is 0 Å². The zero-order chi connectivity index (χ0) is 21.1. The number of benzene rings is 1. The van der Waals surface area contributed by atoms with E-state index < -0.39 is 9.84 Å². The van der Waals surface area contributed by atoms with Crippen molar-refractivity contribution in [1.82, 2.24) is 14.5 Å². The lowest BCUT2D eigenvalue weighted by Gasteiger charge is -2.22. The van der Waals surface area contributed by atoms with Crippen LogP contribution >= 0.6 is 0 Å². The van der Waals surface area contributed by atoms with E-state index in [2.05, 4.69) is 11.6 Å². The summed E-state index contributed by atoms with van der Waals surface area (Å²) in [5, 5.41) is -0.0116. The Morgan fingerprint density at radius 2 is 2.00 bits per heavy atom. The van der Waals surface area contributed by atoms with E-state index in [0.29, 0.717) is 11.3 Å². The fourth-order valence-corrected chi connectivity index (χ4v) is 4.92. The lowest BCUT2D eigenvalue weighted by atomic mass is 10.2. The van der Waals surface area contributed by atoms with Gasteiger partial charge < -0.3 is 13.9 Å². The highest BCUT2D eigenvalue weighted by Crippen LogP contribution is 2.30. The van der Waals surface area contributed by atoms with Crippen molar-refractivity contribution in [2.75, 3.05) is 0 Å². The maximum atomic E-state index is 13.1. The number of amides is 1. The Kier molecular flexibility index (Phi) is 5.59. The van der Waals surface area contributed by atoms with Gasteiger partial charge in [0, 0.05) is 12.6 Å². The third-order valence-corrected chi connectivity index (χ3v) is 6.60. The lowest BCUT2D eigenvalue weighted by molar-refractivity contribution is 0.0693. The summed E-state index contributed by atoms with van der Waals surface area (Å²) in [6.45, 7) is 4.29. The van der Waals surface area contributed by atoms with Crippen LogP contribution in [0.2, 0.25) is 0 Å². The van der Waals surface area contributed by atoms with E-state index in [4.69, 9.17) is 4.42 Å². The van der Waals surface area contributed by atoms with E-state index in [9.17, 15) is 13.2 Å². The van der Waals surface area contributed by atoms with Gasteiger partial charge in [-0.1, -0.05) is 36.4 Å². The van der Waals surface area contributed by atoms with Crippen LogP contribution in [0.4, 0.5) is 0 Å². The molecule has 156 valence electrons. The molecule has 0 atom stereocenters. The molecule has 2 heterocycles. The van der Waals surface area contributed by atoms with Crippen LogP contribution in [0.1, 0.15) is 34.7 Å². The minimum atomic E-state index is -3.67. The fourth-order valence-electron chi connectivity index (χ4n) is 3.42. The molecule has 8 heteroatoms. The molecule has 0 bridgehead atoms. The molecule has 2 aromatic heterocycles. The number of imidazole rings is 1. The first-order valence-electron chi connectivity index (χ1n) is 9.76. The van der Waals surface area contributed by atoms with Gasteiger partial charge in [-0.3, -0.25) is 4.79 Å². The van der Waals surface area contributed by atoms with Crippen LogP contribution in [-0.2, 0) is 28.7 Å². The van der Waals surface area contributed by atoms with E-state index in [1.165, 1.54) is 12.5 Å². The molecule has 3 aromatic rings. The van der Waals surface area contributed by atoms with Gasteiger partial charge in [0.1, 0.15) is 0 Å². The van der Waals surface area contributed by atoms with Crippen LogP contribution in [-0.4, -0.2) is 34.8 Å². The summed E-state index contributed by atoms with van der Waals surface area (Å²) in [6.07, 6.45) is 6.46. The van der Waals surface area contributed by atoms with Gasteiger partial charge in [-0.2, -0.15) is 0 Å². The maximum absolute atomic E-state index is 13.1. The van der Waals surface area contributed by atoms with Crippen LogP contribution in [0.15, 0.2) is 77.2 Å². The van der Waals surface area contributed by atoms with E-state index in [-0.39, 0.29) is 41.7 Å². The normalized spacial score (nSPS) is 13.9. The summed E-state index contributed by atoms with van der Waals surface area (Å²) in [5.74, 6) is -0.0739. The number of hydrogen-bond acceptors (Lipinski definition) is 5. The fraction of sp³-hybridized carbons (Fsp3) is 0.273. The summed E-state index contributed by atoms with van der Waals surface area (Å²) >= 11 is 0. The molecule has 1 aromatic carbocycles. The number of carbonyl (C=O) groups excluding carboxylic acids is 1. The Balaban J connectivity index is 1.63. The maximum Gasteiger partial charge on any atom is 0.290 e. The van der Waals surface area contributed by atoms with Gasteiger partial charge in [0.05, 0.1) is 30.5 Å². The highest BCUT2D eigenvalue weighted by Gasteiger charge is 2.35. The summed E-state index contributed by atoms with van der Waals surface area (Å²) in [4.78, 5) is 18.8. The Bertz CT molecular complexity index is 1130. The molecular weight excluding hydrogens is 402 g/mol. The first-order valence-corrected chi connectivity index (χ1v) is 11.4. The van der Waals surface area contributed by atoms with Gasteiger partial charge in [0.15, 0.2) is 5.76 Å². The minimum absolute atomic E-state index is 0.0116. The second-order valence-electron chi connectivity index (χ2n) is 7.32. The molecule has 4 rings (SSSR count). The van der Waals surface area contributed by atoms with Crippen LogP contribution < -0.4 is 0 Å². The Morgan fingerprint density at radius 1 is 1.23 bits per heavy atom. The SMILES string of the molecule is C=CCn1c(CN(C(=O)c2ccco2)C2CC2)cnc1S(=O)(=O)Cc1ccccc1. The molecule has 0 radical (unpaired) electrons. The zero-order valence-electron chi connectivity index (χ0n) is 16.5. The first-order chi connectivity index (χ1) is 14.5. The Labute approximate surface area is 175 Å². The topological polar surface area (TPSA) is 85.4 Å². The third-order valence-electron chi connectivity index (χ3n) is 5.00. The molecular formula is C22H23N3O4S. The Hall–Kier alpha value is -3.13. The second-order valence-corrected chi connectivity index (χ2v) is 9.20. The highest BCUT2D eigenvalue weighted by molar-refractivity contribution is 7.90. The largest absolute Gasteiger partial charge is 0.459 e. The van der Waals surface area contributed by atoms with Gasteiger partial charge in [0.2, 0.25) is 15.0 Å². The van der Waals surface area contributed by atoms with Crippen molar-refractivity contribution in [2.24, 2.45) is 0 Å².